The average Bonchev–Trinajstić information content (AvgIpc) is 2.96. The van der Waals surface area contributed by atoms with Crippen molar-refractivity contribution in [2.24, 2.45) is 5.92 Å². The maximum atomic E-state index is 10.8. The number of thiophene rings is 1. The van der Waals surface area contributed by atoms with Crippen LogP contribution in [0.4, 0.5) is 10.7 Å². The molecule has 2 aliphatic rings. The predicted molar refractivity (Wildman–Crippen MR) is 59.9 cm³/mol. The molecular weight excluding hydrogens is 212 g/mol. The number of carboxylic acids is 1. The first-order valence-electron chi connectivity index (χ1n) is 5.11. The van der Waals surface area contributed by atoms with Gasteiger partial charge in [0.25, 0.3) is 0 Å². The summed E-state index contributed by atoms with van der Waals surface area (Å²) in [5, 5.41) is 16.6. The number of hydrogen-bond acceptors (Lipinski definition) is 4. The lowest BCUT2D eigenvalue weighted by atomic mass is 10.1. The third-order valence-electron chi connectivity index (χ3n) is 2.96. The summed E-state index contributed by atoms with van der Waals surface area (Å²) < 4.78 is 0. The molecule has 1 aliphatic carbocycles. The Bertz CT molecular complexity index is 412. The molecule has 2 heterocycles. The Morgan fingerprint density at radius 1 is 1.53 bits per heavy atom. The Morgan fingerprint density at radius 3 is 3.00 bits per heavy atom. The molecule has 1 aliphatic heterocycles. The highest BCUT2D eigenvalue weighted by Crippen LogP contribution is 2.41. The van der Waals surface area contributed by atoms with Gasteiger partial charge in [-0.1, -0.05) is 0 Å². The molecule has 0 aromatic carbocycles. The van der Waals surface area contributed by atoms with Crippen molar-refractivity contribution in [3.05, 3.63) is 10.9 Å². The molecule has 1 atom stereocenters. The van der Waals surface area contributed by atoms with E-state index >= 15 is 0 Å². The SMILES string of the molecule is O=C(O)c1cc2c(s1)NCC(C1CC1)N2. The summed E-state index contributed by atoms with van der Waals surface area (Å²) in [6.07, 6.45) is 2.59. The summed E-state index contributed by atoms with van der Waals surface area (Å²) in [5.74, 6) is -0.0696. The van der Waals surface area contributed by atoms with Gasteiger partial charge >= 0.3 is 5.97 Å². The van der Waals surface area contributed by atoms with Crippen molar-refractivity contribution in [1.29, 1.82) is 0 Å². The number of fused-ring (bicyclic) bond motifs is 1. The van der Waals surface area contributed by atoms with E-state index in [9.17, 15) is 4.79 Å². The van der Waals surface area contributed by atoms with E-state index in [1.54, 1.807) is 6.07 Å². The van der Waals surface area contributed by atoms with Crippen LogP contribution in [0.1, 0.15) is 22.5 Å². The summed E-state index contributed by atoms with van der Waals surface area (Å²) in [6.45, 7) is 0.914. The maximum Gasteiger partial charge on any atom is 0.346 e. The zero-order valence-corrected chi connectivity index (χ0v) is 8.93. The zero-order valence-electron chi connectivity index (χ0n) is 8.12. The van der Waals surface area contributed by atoms with Crippen LogP contribution in [0.3, 0.4) is 0 Å². The van der Waals surface area contributed by atoms with Gasteiger partial charge in [0.1, 0.15) is 9.88 Å². The van der Waals surface area contributed by atoms with Crippen LogP contribution >= 0.6 is 11.3 Å². The topological polar surface area (TPSA) is 61.4 Å². The van der Waals surface area contributed by atoms with Crippen LogP contribution in [0.2, 0.25) is 0 Å². The Morgan fingerprint density at radius 2 is 2.33 bits per heavy atom. The summed E-state index contributed by atoms with van der Waals surface area (Å²) in [7, 11) is 0. The van der Waals surface area contributed by atoms with Gasteiger partial charge in [0.2, 0.25) is 0 Å². The molecule has 1 unspecified atom stereocenters. The number of carboxylic acid groups (broad SMARTS) is 1. The molecule has 3 N–H and O–H groups in total. The second-order valence-electron chi connectivity index (χ2n) is 4.13. The van der Waals surface area contributed by atoms with Gasteiger partial charge in [-0.2, -0.15) is 0 Å². The minimum atomic E-state index is -0.846. The number of nitrogens with one attached hydrogen (secondary N) is 2. The van der Waals surface area contributed by atoms with Gasteiger partial charge in [0, 0.05) is 12.6 Å². The fraction of sp³-hybridized carbons (Fsp3) is 0.500. The van der Waals surface area contributed by atoms with E-state index in [2.05, 4.69) is 10.6 Å². The van der Waals surface area contributed by atoms with Gasteiger partial charge in [0.15, 0.2) is 0 Å². The second-order valence-corrected chi connectivity index (χ2v) is 5.18. The first kappa shape index (κ1) is 9.03. The van der Waals surface area contributed by atoms with Crippen LogP contribution < -0.4 is 10.6 Å². The fourth-order valence-corrected chi connectivity index (χ4v) is 2.84. The zero-order chi connectivity index (χ0) is 10.4. The largest absolute Gasteiger partial charge is 0.477 e. The normalized spacial score (nSPS) is 23.9. The van der Waals surface area contributed by atoms with Crippen molar-refractivity contribution in [2.75, 3.05) is 17.2 Å². The van der Waals surface area contributed by atoms with Crippen molar-refractivity contribution in [3.63, 3.8) is 0 Å². The van der Waals surface area contributed by atoms with Crippen LogP contribution in [0.25, 0.3) is 0 Å². The monoisotopic (exact) mass is 224 g/mol. The maximum absolute atomic E-state index is 10.8. The summed E-state index contributed by atoms with van der Waals surface area (Å²) >= 11 is 1.30. The van der Waals surface area contributed by atoms with Crippen LogP contribution in [0, 0.1) is 5.92 Å². The third-order valence-corrected chi connectivity index (χ3v) is 4.04. The highest BCUT2D eigenvalue weighted by Gasteiger charge is 2.34. The molecule has 1 saturated carbocycles. The van der Waals surface area contributed by atoms with E-state index < -0.39 is 5.97 Å². The first-order chi connectivity index (χ1) is 7.24. The van der Waals surface area contributed by atoms with Crippen molar-refractivity contribution >= 4 is 28.0 Å². The molecule has 3 rings (SSSR count). The molecule has 0 saturated heterocycles. The Labute approximate surface area is 91.3 Å². The van der Waals surface area contributed by atoms with Crippen molar-refractivity contribution in [3.8, 4) is 0 Å². The number of aromatic carboxylic acids is 1. The Hall–Kier alpha value is -1.23. The van der Waals surface area contributed by atoms with E-state index in [0.29, 0.717) is 10.9 Å². The van der Waals surface area contributed by atoms with E-state index in [4.69, 9.17) is 5.11 Å². The number of anilines is 2. The van der Waals surface area contributed by atoms with E-state index in [1.165, 1.54) is 24.2 Å². The summed E-state index contributed by atoms with van der Waals surface area (Å²) in [4.78, 5) is 11.2. The molecule has 5 heteroatoms. The predicted octanol–water partition coefficient (Wildman–Crippen LogP) is 2.06. The van der Waals surface area contributed by atoms with Crippen LogP contribution in [-0.2, 0) is 0 Å². The molecule has 15 heavy (non-hydrogen) atoms. The molecule has 0 bridgehead atoms. The average molecular weight is 224 g/mol. The van der Waals surface area contributed by atoms with Crippen molar-refractivity contribution in [1.82, 2.24) is 0 Å². The minimum absolute atomic E-state index is 0.399. The van der Waals surface area contributed by atoms with Crippen LogP contribution in [0.15, 0.2) is 6.07 Å². The lowest BCUT2D eigenvalue weighted by Crippen LogP contribution is -2.33. The summed E-state index contributed by atoms with van der Waals surface area (Å²) in [5.41, 5.74) is 0.959. The quantitative estimate of drug-likeness (QED) is 0.719. The summed E-state index contributed by atoms with van der Waals surface area (Å²) in [6, 6.07) is 2.21. The minimum Gasteiger partial charge on any atom is -0.477 e. The van der Waals surface area contributed by atoms with Crippen molar-refractivity contribution < 1.29 is 9.90 Å². The van der Waals surface area contributed by atoms with Gasteiger partial charge in [-0.15, -0.1) is 11.3 Å². The van der Waals surface area contributed by atoms with Crippen molar-refractivity contribution in [2.45, 2.75) is 18.9 Å². The smallest absolute Gasteiger partial charge is 0.346 e. The molecule has 1 fully saturated rings. The van der Waals surface area contributed by atoms with E-state index in [1.807, 2.05) is 0 Å². The van der Waals surface area contributed by atoms with Gasteiger partial charge in [-0.25, -0.2) is 4.79 Å². The van der Waals surface area contributed by atoms with E-state index in [-0.39, 0.29) is 0 Å². The molecule has 1 aromatic heterocycles. The van der Waals surface area contributed by atoms with Gasteiger partial charge in [-0.05, 0) is 24.8 Å². The van der Waals surface area contributed by atoms with Crippen LogP contribution in [0.5, 0.6) is 0 Å². The van der Waals surface area contributed by atoms with Crippen LogP contribution in [-0.4, -0.2) is 23.7 Å². The number of rotatable bonds is 2. The second kappa shape index (κ2) is 3.13. The number of hydrogen-bond donors (Lipinski definition) is 3. The highest BCUT2D eigenvalue weighted by molar-refractivity contribution is 7.18. The lowest BCUT2D eigenvalue weighted by Gasteiger charge is -2.25. The van der Waals surface area contributed by atoms with Gasteiger partial charge < -0.3 is 15.7 Å². The lowest BCUT2D eigenvalue weighted by molar-refractivity contribution is 0.0702. The molecule has 0 radical (unpaired) electrons. The molecule has 80 valence electrons. The Kier molecular flexibility index (Phi) is 1.88. The third kappa shape index (κ3) is 1.56. The van der Waals surface area contributed by atoms with Gasteiger partial charge in [-0.3, -0.25) is 0 Å². The molecule has 4 nitrogen and oxygen atoms in total. The molecule has 1 aromatic rings. The van der Waals surface area contributed by atoms with Gasteiger partial charge in [0.05, 0.1) is 5.69 Å². The molecule has 0 amide bonds. The number of carbonyl (C=O) groups is 1. The first-order valence-corrected chi connectivity index (χ1v) is 5.93. The molecular formula is C10H12N2O2S. The standard InChI is InChI=1S/C10H12N2O2S/c13-10(14)8-3-6-9(15-8)11-4-7(12-6)5-1-2-5/h3,5,7,11-12H,1-2,4H2,(H,13,14). The van der Waals surface area contributed by atoms with E-state index in [0.717, 1.165) is 23.2 Å². The Balaban J connectivity index is 1.85. The highest BCUT2D eigenvalue weighted by atomic mass is 32.1. The fourth-order valence-electron chi connectivity index (χ4n) is 1.97. The molecule has 0 spiro atoms.